The molecule has 0 radical (unpaired) electrons. The predicted octanol–water partition coefficient (Wildman–Crippen LogP) is 2.02. The largest absolute Gasteiger partial charge is 0.382 e. The third-order valence-corrected chi connectivity index (χ3v) is 3.39. The maximum Gasteiger partial charge on any atom is 0.254 e. The SMILES string of the molecule is CSc1nc(C(O)c2ccc(F)cc2)c(C)c(=O)[nH]1. The molecule has 0 saturated heterocycles. The molecule has 100 valence electrons. The van der Waals surface area contributed by atoms with Gasteiger partial charge in [-0.25, -0.2) is 9.37 Å². The van der Waals surface area contributed by atoms with Crippen LogP contribution in [0.25, 0.3) is 0 Å². The second-order valence-electron chi connectivity index (χ2n) is 4.04. The number of hydrogen-bond donors (Lipinski definition) is 2. The lowest BCUT2D eigenvalue weighted by Gasteiger charge is -2.13. The standard InChI is InChI=1S/C13H13FN2O2S/c1-7-10(15-13(19-2)16-12(7)18)11(17)8-3-5-9(14)6-4-8/h3-6,11,17H,1-2H3,(H,15,16,18). The normalized spacial score (nSPS) is 12.4. The molecule has 0 bridgehead atoms. The van der Waals surface area contributed by atoms with Gasteiger partial charge in [-0.15, -0.1) is 0 Å². The maximum absolute atomic E-state index is 12.9. The second-order valence-corrected chi connectivity index (χ2v) is 4.83. The van der Waals surface area contributed by atoms with E-state index < -0.39 is 6.10 Å². The molecule has 1 aromatic carbocycles. The number of rotatable bonds is 3. The molecule has 0 amide bonds. The van der Waals surface area contributed by atoms with Gasteiger partial charge in [0.15, 0.2) is 5.16 Å². The first-order valence-electron chi connectivity index (χ1n) is 5.61. The molecular formula is C13H13FN2O2S. The number of aromatic amines is 1. The highest BCUT2D eigenvalue weighted by atomic mass is 32.2. The van der Waals surface area contributed by atoms with Crippen molar-refractivity contribution in [2.45, 2.75) is 18.2 Å². The van der Waals surface area contributed by atoms with E-state index in [9.17, 15) is 14.3 Å². The number of hydrogen-bond acceptors (Lipinski definition) is 4. The van der Waals surface area contributed by atoms with E-state index >= 15 is 0 Å². The molecule has 2 aromatic rings. The summed E-state index contributed by atoms with van der Waals surface area (Å²) in [6, 6.07) is 5.47. The molecule has 2 rings (SSSR count). The van der Waals surface area contributed by atoms with Gasteiger partial charge in [-0.2, -0.15) is 0 Å². The minimum atomic E-state index is -1.05. The summed E-state index contributed by atoms with van der Waals surface area (Å²) in [5.41, 5.74) is 0.861. The Morgan fingerprint density at radius 3 is 2.58 bits per heavy atom. The number of benzene rings is 1. The Morgan fingerprint density at radius 1 is 1.37 bits per heavy atom. The van der Waals surface area contributed by atoms with Crippen LogP contribution in [0, 0.1) is 12.7 Å². The molecule has 0 aliphatic rings. The van der Waals surface area contributed by atoms with Crippen molar-refractivity contribution >= 4 is 11.8 Å². The summed E-state index contributed by atoms with van der Waals surface area (Å²) in [4.78, 5) is 18.5. The molecule has 0 spiro atoms. The van der Waals surface area contributed by atoms with Crippen LogP contribution in [-0.2, 0) is 0 Å². The van der Waals surface area contributed by atoms with Gasteiger partial charge in [-0.3, -0.25) is 4.79 Å². The zero-order valence-corrected chi connectivity index (χ0v) is 11.3. The third-order valence-electron chi connectivity index (χ3n) is 2.81. The van der Waals surface area contributed by atoms with Crippen LogP contribution in [0.15, 0.2) is 34.2 Å². The molecular weight excluding hydrogens is 267 g/mol. The Bertz CT molecular complexity index is 640. The highest BCUT2D eigenvalue weighted by molar-refractivity contribution is 7.98. The van der Waals surface area contributed by atoms with Crippen LogP contribution in [-0.4, -0.2) is 21.3 Å². The molecule has 2 N–H and O–H groups in total. The van der Waals surface area contributed by atoms with Crippen molar-refractivity contribution in [1.82, 2.24) is 9.97 Å². The summed E-state index contributed by atoms with van der Waals surface area (Å²) >= 11 is 1.28. The van der Waals surface area contributed by atoms with E-state index in [2.05, 4.69) is 9.97 Å². The molecule has 6 heteroatoms. The van der Waals surface area contributed by atoms with Crippen LogP contribution in [0.2, 0.25) is 0 Å². The average molecular weight is 280 g/mol. The number of halogens is 1. The highest BCUT2D eigenvalue weighted by Gasteiger charge is 2.17. The first-order valence-corrected chi connectivity index (χ1v) is 6.83. The van der Waals surface area contributed by atoms with E-state index in [0.29, 0.717) is 22.0 Å². The van der Waals surface area contributed by atoms with Crippen molar-refractivity contribution < 1.29 is 9.50 Å². The van der Waals surface area contributed by atoms with Crippen molar-refractivity contribution in [3.63, 3.8) is 0 Å². The lowest BCUT2D eigenvalue weighted by molar-refractivity contribution is 0.213. The Balaban J connectivity index is 2.48. The van der Waals surface area contributed by atoms with Gasteiger partial charge < -0.3 is 10.1 Å². The van der Waals surface area contributed by atoms with E-state index in [0.717, 1.165) is 0 Å². The Labute approximate surface area is 113 Å². The summed E-state index contributed by atoms with van der Waals surface area (Å²) < 4.78 is 12.9. The molecule has 1 heterocycles. The molecule has 1 aromatic heterocycles. The zero-order valence-electron chi connectivity index (χ0n) is 10.5. The molecule has 4 nitrogen and oxygen atoms in total. The zero-order chi connectivity index (χ0) is 14.0. The molecule has 0 fully saturated rings. The average Bonchev–Trinajstić information content (AvgIpc) is 2.41. The monoisotopic (exact) mass is 280 g/mol. The Hall–Kier alpha value is -1.66. The summed E-state index contributed by atoms with van der Waals surface area (Å²) in [7, 11) is 0. The Kier molecular flexibility index (Phi) is 4.01. The molecule has 0 aliphatic carbocycles. The molecule has 0 saturated carbocycles. The lowest BCUT2D eigenvalue weighted by Crippen LogP contribution is -2.18. The number of aliphatic hydroxyl groups excluding tert-OH is 1. The predicted molar refractivity (Wildman–Crippen MR) is 71.8 cm³/mol. The molecule has 19 heavy (non-hydrogen) atoms. The van der Waals surface area contributed by atoms with Crippen molar-refractivity contribution in [3.8, 4) is 0 Å². The van der Waals surface area contributed by atoms with Gasteiger partial charge in [-0.05, 0) is 30.9 Å². The fourth-order valence-corrected chi connectivity index (χ4v) is 2.08. The molecule has 1 unspecified atom stereocenters. The topological polar surface area (TPSA) is 66.0 Å². The first-order chi connectivity index (χ1) is 9.02. The van der Waals surface area contributed by atoms with Gasteiger partial charge in [0.2, 0.25) is 0 Å². The smallest absolute Gasteiger partial charge is 0.254 e. The number of H-pyrrole nitrogens is 1. The van der Waals surface area contributed by atoms with Crippen molar-refractivity contribution in [1.29, 1.82) is 0 Å². The second kappa shape index (κ2) is 5.54. The molecule has 1 atom stereocenters. The Morgan fingerprint density at radius 2 is 2.00 bits per heavy atom. The van der Waals surface area contributed by atoms with Gasteiger partial charge in [0.05, 0.1) is 5.69 Å². The summed E-state index contributed by atoms with van der Waals surface area (Å²) in [5.74, 6) is -0.378. The van der Waals surface area contributed by atoms with Gasteiger partial charge in [-0.1, -0.05) is 23.9 Å². The summed E-state index contributed by atoms with van der Waals surface area (Å²) in [6.45, 7) is 1.60. The van der Waals surface area contributed by atoms with Gasteiger partial charge >= 0.3 is 0 Å². The number of aliphatic hydroxyl groups is 1. The van der Waals surface area contributed by atoms with Crippen LogP contribution < -0.4 is 5.56 Å². The van der Waals surface area contributed by atoms with E-state index in [1.165, 1.54) is 36.0 Å². The summed E-state index contributed by atoms with van der Waals surface area (Å²) in [6.07, 6.45) is 0.732. The van der Waals surface area contributed by atoms with Crippen molar-refractivity contribution in [2.24, 2.45) is 0 Å². The van der Waals surface area contributed by atoms with Gasteiger partial charge in [0, 0.05) is 5.56 Å². The van der Waals surface area contributed by atoms with E-state index in [1.807, 2.05) is 0 Å². The van der Waals surface area contributed by atoms with E-state index in [1.54, 1.807) is 13.2 Å². The van der Waals surface area contributed by atoms with Crippen molar-refractivity contribution in [3.05, 3.63) is 57.3 Å². The minimum absolute atomic E-state index is 0.282. The van der Waals surface area contributed by atoms with E-state index in [4.69, 9.17) is 0 Å². The highest BCUT2D eigenvalue weighted by Crippen LogP contribution is 2.23. The number of thioether (sulfide) groups is 1. The van der Waals surface area contributed by atoms with Crippen molar-refractivity contribution in [2.75, 3.05) is 6.26 Å². The fourth-order valence-electron chi connectivity index (χ4n) is 1.69. The van der Waals surface area contributed by atoms with Gasteiger partial charge in [0.1, 0.15) is 11.9 Å². The van der Waals surface area contributed by atoms with Crippen LogP contribution in [0.1, 0.15) is 22.9 Å². The van der Waals surface area contributed by atoms with Crippen LogP contribution >= 0.6 is 11.8 Å². The fraction of sp³-hybridized carbons (Fsp3) is 0.231. The van der Waals surface area contributed by atoms with Crippen LogP contribution in [0.4, 0.5) is 4.39 Å². The minimum Gasteiger partial charge on any atom is -0.382 e. The van der Waals surface area contributed by atoms with Crippen LogP contribution in [0.5, 0.6) is 0 Å². The third kappa shape index (κ3) is 2.85. The van der Waals surface area contributed by atoms with Gasteiger partial charge in [0.25, 0.3) is 5.56 Å². The maximum atomic E-state index is 12.9. The van der Waals surface area contributed by atoms with E-state index in [-0.39, 0.29) is 11.4 Å². The molecule has 0 aliphatic heterocycles. The number of nitrogens with zero attached hydrogens (tertiary/aromatic N) is 1. The number of nitrogens with one attached hydrogen (secondary N) is 1. The summed E-state index contributed by atoms with van der Waals surface area (Å²) in [5, 5.41) is 10.7. The number of aromatic nitrogens is 2. The first kappa shape index (κ1) is 13.8. The quantitative estimate of drug-likeness (QED) is 0.667. The van der Waals surface area contributed by atoms with Crippen LogP contribution in [0.3, 0.4) is 0 Å². The lowest BCUT2D eigenvalue weighted by atomic mass is 10.0.